The van der Waals surface area contributed by atoms with Gasteiger partial charge in [-0.15, -0.1) is 0 Å². The zero-order valence-corrected chi connectivity index (χ0v) is 7.89. The third kappa shape index (κ3) is 2.17. The summed E-state index contributed by atoms with van der Waals surface area (Å²) in [5, 5.41) is 3.28. The maximum Gasteiger partial charge on any atom is 0.251 e. The molecule has 1 heterocycles. The van der Waals surface area contributed by atoms with Gasteiger partial charge in [0.15, 0.2) is 0 Å². The van der Waals surface area contributed by atoms with Gasteiger partial charge in [-0.1, -0.05) is 0 Å². The summed E-state index contributed by atoms with van der Waals surface area (Å²) < 4.78 is 25.0. The van der Waals surface area contributed by atoms with E-state index in [0.29, 0.717) is 6.04 Å². The van der Waals surface area contributed by atoms with Gasteiger partial charge in [0, 0.05) is 31.5 Å². The molecular weight excluding hydrogens is 174 g/mol. The number of nitrogens with one attached hydrogen (secondary N) is 1. The third-order valence-corrected chi connectivity index (χ3v) is 2.95. The third-order valence-electron chi connectivity index (χ3n) is 2.95. The van der Waals surface area contributed by atoms with E-state index in [9.17, 15) is 8.78 Å². The van der Waals surface area contributed by atoms with Crippen molar-refractivity contribution < 1.29 is 8.78 Å². The summed E-state index contributed by atoms with van der Waals surface area (Å²) in [6.07, 6.45) is 1.17. The lowest BCUT2D eigenvalue weighted by atomic mass is 9.87. The minimum atomic E-state index is -2.39. The minimum Gasteiger partial charge on any atom is -0.309 e. The molecule has 2 fully saturated rings. The molecule has 2 nitrogen and oxygen atoms in total. The second kappa shape index (κ2) is 3.17. The molecule has 0 radical (unpaired) electrons. The van der Waals surface area contributed by atoms with Crippen LogP contribution in [0.15, 0.2) is 0 Å². The fourth-order valence-electron chi connectivity index (χ4n) is 2.18. The first kappa shape index (κ1) is 9.34. The summed E-state index contributed by atoms with van der Waals surface area (Å²) in [5.41, 5.74) is 0. The Balaban J connectivity index is 1.69. The number of halogens is 2. The van der Waals surface area contributed by atoms with Gasteiger partial charge in [-0.05, 0) is 20.0 Å². The normalized spacial score (nSPS) is 34.8. The van der Waals surface area contributed by atoms with Gasteiger partial charge in [-0.25, -0.2) is 8.78 Å². The molecule has 13 heavy (non-hydrogen) atoms. The summed E-state index contributed by atoms with van der Waals surface area (Å²) in [6, 6.07) is 0.498. The smallest absolute Gasteiger partial charge is 0.251 e. The van der Waals surface area contributed by atoms with Crippen molar-refractivity contribution in [1.29, 1.82) is 0 Å². The van der Waals surface area contributed by atoms with Crippen LogP contribution >= 0.6 is 0 Å². The molecule has 1 N–H and O–H groups in total. The van der Waals surface area contributed by atoms with Crippen LogP contribution in [0.2, 0.25) is 0 Å². The van der Waals surface area contributed by atoms with E-state index in [1.165, 1.54) is 0 Å². The van der Waals surface area contributed by atoms with E-state index < -0.39 is 5.92 Å². The molecule has 1 saturated heterocycles. The number of alkyl halides is 2. The quantitative estimate of drug-likeness (QED) is 0.701. The van der Waals surface area contributed by atoms with Crippen molar-refractivity contribution in [2.24, 2.45) is 0 Å². The lowest BCUT2D eigenvalue weighted by Gasteiger charge is -2.37. The summed E-state index contributed by atoms with van der Waals surface area (Å²) in [4.78, 5) is 2.23. The van der Waals surface area contributed by atoms with E-state index in [1.54, 1.807) is 0 Å². The average Bonchev–Trinajstić information content (AvgIpc) is 2.31. The summed E-state index contributed by atoms with van der Waals surface area (Å²) in [7, 11) is 2.07. The molecule has 1 atom stereocenters. The highest BCUT2D eigenvalue weighted by Crippen LogP contribution is 2.37. The Bertz CT molecular complexity index is 188. The first-order valence-electron chi connectivity index (χ1n) is 4.88. The van der Waals surface area contributed by atoms with Gasteiger partial charge in [-0.2, -0.15) is 0 Å². The average molecular weight is 190 g/mol. The molecule has 0 spiro atoms. The highest BCUT2D eigenvalue weighted by molar-refractivity contribution is 4.94. The highest BCUT2D eigenvalue weighted by Gasteiger charge is 2.45. The number of nitrogens with zero attached hydrogens (tertiary/aromatic N) is 1. The van der Waals surface area contributed by atoms with Crippen molar-refractivity contribution in [1.82, 2.24) is 10.2 Å². The first-order valence-corrected chi connectivity index (χ1v) is 4.88. The molecule has 0 aromatic carbocycles. The molecule has 1 aliphatic heterocycles. The lowest BCUT2D eigenvalue weighted by molar-refractivity contribution is -0.0944. The Kier molecular flexibility index (Phi) is 2.28. The summed E-state index contributed by atoms with van der Waals surface area (Å²) in [6.45, 7) is 2.09. The van der Waals surface area contributed by atoms with Crippen molar-refractivity contribution in [3.05, 3.63) is 0 Å². The number of hydrogen-bond donors (Lipinski definition) is 1. The van der Waals surface area contributed by atoms with Crippen LogP contribution in [0.1, 0.15) is 19.3 Å². The molecule has 0 bridgehead atoms. The van der Waals surface area contributed by atoms with Crippen LogP contribution in [0.5, 0.6) is 0 Å². The molecule has 1 saturated carbocycles. The Morgan fingerprint density at radius 1 is 1.31 bits per heavy atom. The van der Waals surface area contributed by atoms with E-state index in [2.05, 4.69) is 17.3 Å². The Labute approximate surface area is 77.3 Å². The fourth-order valence-corrected chi connectivity index (χ4v) is 2.18. The van der Waals surface area contributed by atoms with Crippen LogP contribution < -0.4 is 5.32 Å². The van der Waals surface area contributed by atoms with E-state index in [-0.39, 0.29) is 18.9 Å². The van der Waals surface area contributed by atoms with Crippen LogP contribution in [0, 0.1) is 0 Å². The highest BCUT2D eigenvalue weighted by atomic mass is 19.3. The summed E-state index contributed by atoms with van der Waals surface area (Å²) >= 11 is 0. The molecule has 76 valence electrons. The van der Waals surface area contributed by atoms with Crippen molar-refractivity contribution >= 4 is 0 Å². The Morgan fingerprint density at radius 2 is 2.00 bits per heavy atom. The van der Waals surface area contributed by atoms with Crippen LogP contribution in [0.4, 0.5) is 8.78 Å². The van der Waals surface area contributed by atoms with E-state index in [4.69, 9.17) is 0 Å². The molecule has 1 aliphatic carbocycles. The van der Waals surface area contributed by atoms with E-state index in [1.807, 2.05) is 0 Å². The predicted octanol–water partition coefficient (Wildman–Crippen LogP) is 1.08. The van der Waals surface area contributed by atoms with Crippen molar-refractivity contribution in [3.63, 3.8) is 0 Å². The van der Waals surface area contributed by atoms with Crippen LogP contribution in [-0.2, 0) is 0 Å². The fraction of sp³-hybridized carbons (Fsp3) is 1.00. The van der Waals surface area contributed by atoms with Crippen LogP contribution in [0.25, 0.3) is 0 Å². The Morgan fingerprint density at radius 3 is 2.46 bits per heavy atom. The lowest BCUT2D eigenvalue weighted by Crippen LogP contribution is -2.52. The van der Waals surface area contributed by atoms with Crippen molar-refractivity contribution in [2.45, 2.75) is 37.3 Å². The molecule has 4 heteroatoms. The molecule has 1 unspecified atom stereocenters. The van der Waals surface area contributed by atoms with Gasteiger partial charge in [0.05, 0.1) is 0 Å². The van der Waals surface area contributed by atoms with Gasteiger partial charge in [0.2, 0.25) is 0 Å². The number of hydrogen-bond acceptors (Lipinski definition) is 2. The molecule has 2 aliphatic rings. The second-order valence-electron chi connectivity index (χ2n) is 4.38. The molecule has 0 aromatic heterocycles. The van der Waals surface area contributed by atoms with Gasteiger partial charge < -0.3 is 10.2 Å². The topological polar surface area (TPSA) is 15.3 Å². The minimum absolute atomic E-state index is 0.0349. The van der Waals surface area contributed by atoms with Crippen LogP contribution in [0.3, 0.4) is 0 Å². The Hall–Kier alpha value is -0.220. The molecular formula is C9H16F2N2. The van der Waals surface area contributed by atoms with E-state index in [0.717, 1.165) is 19.5 Å². The van der Waals surface area contributed by atoms with E-state index >= 15 is 0 Å². The maximum absolute atomic E-state index is 12.5. The SMILES string of the molecule is CN1CCC(NC2CC(F)(F)C2)C1. The molecule has 0 amide bonds. The monoisotopic (exact) mass is 190 g/mol. The van der Waals surface area contributed by atoms with Crippen LogP contribution in [-0.4, -0.2) is 43.0 Å². The van der Waals surface area contributed by atoms with Crippen molar-refractivity contribution in [2.75, 3.05) is 20.1 Å². The number of likely N-dealkylation sites (N-methyl/N-ethyl adjacent to an activating group) is 1. The maximum atomic E-state index is 12.5. The van der Waals surface area contributed by atoms with Gasteiger partial charge in [-0.3, -0.25) is 0 Å². The van der Waals surface area contributed by atoms with Gasteiger partial charge >= 0.3 is 0 Å². The van der Waals surface area contributed by atoms with Gasteiger partial charge in [0.1, 0.15) is 0 Å². The largest absolute Gasteiger partial charge is 0.309 e. The van der Waals surface area contributed by atoms with Gasteiger partial charge in [0.25, 0.3) is 5.92 Å². The zero-order chi connectivity index (χ0) is 9.47. The zero-order valence-electron chi connectivity index (χ0n) is 7.89. The first-order chi connectivity index (χ1) is 6.05. The second-order valence-corrected chi connectivity index (χ2v) is 4.38. The molecule has 2 rings (SSSR count). The standard InChI is InChI=1S/C9H16F2N2/c1-13-3-2-7(6-13)12-8-4-9(10,11)5-8/h7-8,12H,2-6H2,1H3. The summed E-state index contributed by atoms with van der Waals surface area (Å²) in [5.74, 6) is -2.39. The van der Waals surface area contributed by atoms with Crippen molar-refractivity contribution in [3.8, 4) is 0 Å². The predicted molar refractivity (Wildman–Crippen MR) is 47.0 cm³/mol. The molecule has 0 aromatic rings. The number of likely N-dealkylation sites (tertiary alicyclic amines) is 1. The number of rotatable bonds is 2.